The Morgan fingerprint density at radius 1 is 0.650 bits per heavy atom. The van der Waals surface area contributed by atoms with E-state index in [-0.39, 0.29) is 16.7 Å². The van der Waals surface area contributed by atoms with Crippen molar-refractivity contribution in [3.05, 3.63) is 113 Å². The number of allylic oxidation sites excluding steroid dienone is 2. The van der Waals surface area contributed by atoms with Gasteiger partial charge >= 0.3 is 0 Å². The Kier molecular flexibility index (Phi) is 5.40. The van der Waals surface area contributed by atoms with E-state index in [1.165, 1.54) is 50.0 Å². The molecule has 0 aromatic heterocycles. The Hall–Kier alpha value is -3.82. The molecule has 1 saturated carbocycles. The van der Waals surface area contributed by atoms with E-state index in [4.69, 9.17) is 0 Å². The van der Waals surface area contributed by atoms with Gasteiger partial charge in [0.1, 0.15) is 0 Å². The van der Waals surface area contributed by atoms with Gasteiger partial charge in [0.2, 0.25) is 11.4 Å². The monoisotopic (exact) mass is 524 g/mol. The zero-order chi connectivity index (χ0) is 28.0. The minimum Gasteiger partial charge on any atom is -0.846 e. The van der Waals surface area contributed by atoms with Gasteiger partial charge in [-0.15, -0.1) is 5.92 Å². The van der Waals surface area contributed by atoms with Crippen LogP contribution in [0.5, 0.6) is 0 Å². The fourth-order valence-corrected chi connectivity index (χ4v) is 7.07. The summed E-state index contributed by atoms with van der Waals surface area (Å²) in [5.74, 6) is 1.31. The van der Waals surface area contributed by atoms with Gasteiger partial charge in [0.25, 0.3) is 0 Å². The van der Waals surface area contributed by atoms with Crippen LogP contribution in [-0.4, -0.2) is 17.5 Å². The first-order valence-corrected chi connectivity index (χ1v) is 14.3. The van der Waals surface area contributed by atoms with E-state index in [2.05, 4.69) is 136 Å². The van der Waals surface area contributed by atoms with Gasteiger partial charge in [-0.2, -0.15) is 13.8 Å². The highest BCUT2D eigenvalue weighted by Gasteiger charge is 2.44. The van der Waals surface area contributed by atoms with E-state index in [9.17, 15) is 5.11 Å². The van der Waals surface area contributed by atoms with Crippen molar-refractivity contribution in [2.45, 2.75) is 58.5 Å². The third-order valence-electron chi connectivity index (χ3n) is 9.54. The molecule has 2 N–H and O–H groups in total. The lowest BCUT2D eigenvalue weighted by atomic mass is 9.64. The number of hydrogen-bond acceptors (Lipinski definition) is 1. The minimum atomic E-state index is -0.851. The fourth-order valence-electron chi connectivity index (χ4n) is 7.07. The van der Waals surface area contributed by atoms with Crippen LogP contribution in [-0.2, 0) is 10.8 Å². The number of benzene rings is 4. The molecular weight excluding hydrogens is 488 g/mol. The maximum absolute atomic E-state index is 13.9. The van der Waals surface area contributed by atoms with Crippen LogP contribution >= 0.6 is 0 Å². The minimum absolute atomic E-state index is 0.0543. The van der Waals surface area contributed by atoms with Crippen LogP contribution in [0.15, 0.2) is 96.1 Å². The molecule has 4 aromatic rings. The van der Waals surface area contributed by atoms with E-state index >= 15 is 0 Å². The largest absolute Gasteiger partial charge is 0.846 e. The maximum atomic E-state index is 13.9. The van der Waals surface area contributed by atoms with Crippen LogP contribution in [0.4, 0.5) is 11.4 Å². The normalized spacial score (nSPS) is 24.4. The summed E-state index contributed by atoms with van der Waals surface area (Å²) < 4.78 is 0. The summed E-state index contributed by atoms with van der Waals surface area (Å²) in [4.78, 5) is 7.46. The van der Waals surface area contributed by atoms with E-state index in [0.717, 1.165) is 22.6 Å². The lowest BCUT2D eigenvalue weighted by molar-refractivity contribution is -0.406. The van der Waals surface area contributed by atoms with E-state index in [1.54, 1.807) is 0 Å². The molecule has 3 aliphatic rings. The van der Waals surface area contributed by atoms with Crippen molar-refractivity contribution in [2.75, 3.05) is 0 Å². The Bertz CT molecular complexity index is 1720. The molecule has 2 heterocycles. The topological polar surface area (TPSA) is 51.0 Å². The van der Waals surface area contributed by atoms with Crippen LogP contribution < -0.4 is 15.1 Å². The third-order valence-corrected chi connectivity index (χ3v) is 9.54. The van der Waals surface area contributed by atoms with Crippen LogP contribution in [0.3, 0.4) is 0 Å². The Labute approximate surface area is 236 Å². The lowest BCUT2D eigenvalue weighted by Crippen LogP contribution is -2.66. The van der Waals surface area contributed by atoms with Gasteiger partial charge in [0.15, 0.2) is 11.4 Å². The quantitative estimate of drug-likeness (QED) is 0.384. The lowest BCUT2D eigenvalue weighted by Gasteiger charge is -2.56. The van der Waals surface area contributed by atoms with E-state index in [0.29, 0.717) is 0 Å². The SMILES string of the molecule is C[C-](C)C1/C(=C/C2=[NH+]c3c(ccc4ccccc34)C2(C)C)C([O-])/C1=C\C1=[NH+]c2c(ccc3ccccc23)C1(C)C. The molecule has 4 aromatic carbocycles. The summed E-state index contributed by atoms with van der Waals surface area (Å²) in [5, 5.41) is 18.8. The summed E-state index contributed by atoms with van der Waals surface area (Å²) in [6, 6.07) is 25.9. The Balaban J connectivity index is 1.28. The average Bonchev–Trinajstić information content (AvgIpc) is 3.35. The second-order valence-corrected chi connectivity index (χ2v) is 12.9. The van der Waals surface area contributed by atoms with Crippen molar-refractivity contribution in [1.29, 1.82) is 0 Å². The molecule has 0 radical (unpaired) electrons. The van der Waals surface area contributed by atoms with Crippen molar-refractivity contribution >= 4 is 44.3 Å². The number of nitrogens with one attached hydrogen (secondary N) is 2. The van der Waals surface area contributed by atoms with Crippen molar-refractivity contribution in [3.63, 3.8) is 0 Å². The molecule has 0 amide bonds. The zero-order valence-electron chi connectivity index (χ0n) is 24.1. The van der Waals surface area contributed by atoms with Gasteiger partial charge in [-0.25, -0.2) is 9.98 Å². The van der Waals surface area contributed by atoms with Crippen molar-refractivity contribution in [3.8, 4) is 0 Å². The Morgan fingerprint density at radius 2 is 1.07 bits per heavy atom. The molecule has 3 heteroatoms. The fraction of sp³-hybridized carbons (Fsp3) is 0.270. The predicted octanol–water partition coefficient (Wildman–Crippen LogP) is 4.41. The standard InChI is InChI=1S/C37H34N2O/c1-21(2)32-26(19-30-36(3,4)28-17-15-22-11-7-9-13-24(22)33(28)38-30)35(40)27(32)20-31-37(5,6)29-18-16-23-12-8-10-14-25(23)34(29)39-31/h7-20,32,35H,1-6H3/q-2/p+2/b26-19-,27-20-. The van der Waals surface area contributed by atoms with Gasteiger partial charge in [-0.3, -0.25) is 0 Å². The molecule has 1 fully saturated rings. The van der Waals surface area contributed by atoms with Gasteiger partial charge in [-0.05, 0) is 50.6 Å². The molecule has 2 aliphatic heterocycles. The van der Waals surface area contributed by atoms with Gasteiger partial charge in [0, 0.05) is 23.3 Å². The molecular formula is C37H36N2O. The molecule has 7 rings (SSSR count). The van der Waals surface area contributed by atoms with E-state index in [1.807, 2.05) is 0 Å². The van der Waals surface area contributed by atoms with Gasteiger partial charge in [-0.1, -0.05) is 77.9 Å². The predicted molar refractivity (Wildman–Crippen MR) is 163 cm³/mol. The molecule has 0 bridgehead atoms. The van der Waals surface area contributed by atoms with Crippen LogP contribution in [0, 0.1) is 11.8 Å². The number of hydrogen-bond donors (Lipinski definition) is 2. The second kappa shape index (κ2) is 8.59. The van der Waals surface area contributed by atoms with Crippen molar-refractivity contribution in [2.24, 2.45) is 5.92 Å². The van der Waals surface area contributed by atoms with Crippen LogP contribution in [0.25, 0.3) is 21.5 Å². The van der Waals surface area contributed by atoms with Gasteiger partial charge < -0.3 is 11.0 Å². The first kappa shape index (κ1) is 25.2. The third kappa shape index (κ3) is 3.47. The first-order valence-electron chi connectivity index (χ1n) is 14.3. The van der Waals surface area contributed by atoms with E-state index < -0.39 is 6.10 Å². The van der Waals surface area contributed by atoms with Gasteiger partial charge in [0.05, 0.1) is 21.6 Å². The zero-order valence-corrected chi connectivity index (χ0v) is 24.1. The number of rotatable bonds is 3. The first-order chi connectivity index (χ1) is 19.1. The molecule has 0 atom stereocenters. The maximum Gasteiger partial charge on any atom is 0.215 e. The summed E-state index contributed by atoms with van der Waals surface area (Å²) in [6.45, 7) is 13.3. The molecule has 1 aliphatic carbocycles. The highest BCUT2D eigenvalue weighted by molar-refractivity contribution is 6.08. The molecule has 3 nitrogen and oxygen atoms in total. The molecule has 200 valence electrons. The highest BCUT2D eigenvalue weighted by Crippen LogP contribution is 2.46. The molecule has 0 unspecified atom stereocenters. The smallest absolute Gasteiger partial charge is 0.215 e. The average molecular weight is 525 g/mol. The molecule has 0 saturated heterocycles. The van der Waals surface area contributed by atoms with Crippen LogP contribution in [0.2, 0.25) is 0 Å². The Morgan fingerprint density at radius 3 is 1.50 bits per heavy atom. The summed E-state index contributed by atoms with van der Waals surface area (Å²) >= 11 is 0. The van der Waals surface area contributed by atoms with Crippen molar-refractivity contribution < 1.29 is 15.1 Å². The highest BCUT2D eigenvalue weighted by atomic mass is 16.3. The molecule has 0 spiro atoms. The second-order valence-electron chi connectivity index (χ2n) is 12.9. The molecule has 40 heavy (non-hydrogen) atoms. The van der Waals surface area contributed by atoms with Crippen LogP contribution in [0.1, 0.15) is 52.7 Å². The van der Waals surface area contributed by atoms with Crippen molar-refractivity contribution in [1.82, 2.24) is 0 Å². The summed E-state index contributed by atoms with van der Waals surface area (Å²) in [5.41, 5.74) is 8.60. The summed E-state index contributed by atoms with van der Waals surface area (Å²) in [6.07, 6.45) is 3.49. The summed E-state index contributed by atoms with van der Waals surface area (Å²) in [7, 11) is 0. The number of fused-ring (bicyclic) bond motifs is 6.